The number of aryl methyl sites for hydroxylation is 1. The molecule has 0 radical (unpaired) electrons. The number of imidazole rings is 1. The van der Waals surface area contributed by atoms with Gasteiger partial charge in [-0.15, -0.1) is 0 Å². The highest BCUT2D eigenvalue weighted by Crippen LogP contribution is 2.32. The highest BCUT2D eigenvalue weighted by Gasteiger charge is 2.30. The molecule has 3 nitrogen and oxygen atoms in total. The summed E-state index contributed by atoms with van der Waals surface area (Å²) in [5.74, 6) is 1.07. The first kappa shape index (κ1) is 17.3. The summed E-state index contributed by atoms with van der Waals surface area (Å²) >= 11 is 0. The van der Waals surface area contributed by atoms with Crippen LogP contribution < -0.4 is 5.32 Å². The number of aromatic nitrogens is 2. The maximum atomic E-state index is 12.9. The van der Waals surface area contributed by atoms with Crippen molar-refractivity contribution in [3.05, 3.63) is 54.1 Å². The third kappa shape index (κ3) is 3.95. The van der Waals surface area contributed by atoms with Crippen molar-refractivity contribution in [3.63, 3.8) is 0 Å². The summed E-state index contributed by atoms with van der Waals surface area (Å²) < 4.78 is 40.8. The van der Waals surface area contributed by atoms with Gasteiger partial charge in [0.1, 0.15) is 0 Å². The molecule has 6 heteroatoms. The molecule has 0 unspecified atom stereocenters. The average Bonchev–Trinajstić information content (AvgIpc) is 2.89. The van der Waals surface area contributed by atoms with Gasteiger partial charge in [0.15, 0.2) is 0 Å². The topological polar surface area (TPSA) is 29.9 Å². The summed E-state index contributed by atoms with van der Waals surface area (Å²) in [5, 5.41) is 3.05. The van der Waals surface area contributed by atoms with Crippen molar-refractivity contribution in [2.45, 2.75) is 33.0 Å². The van der Waals surface area contributed by atoms with Crippen LogP contribution in [0.1, 0.15) is 25.8 Å². The zero-order valence-corrected chi connectivity index (χ0v) is 14.1. The molecular formula is C19H20F3N3. The highest BCUT2D eigenvalue weighted by molar-refractivity contribution is 5.79. The fourth-order valence-corrected chi connectivity index (χ4v) is 2.69. The molecule has 132 valence electrons. The Morgan fingerprint density at radius 1 is 1.08 bits per heavy atom. The molecule has 1 aromatic heterocycles. The molecule has 2 aromatic carbocycles. The number of benzene rings is 2. The van der Waals surface area contributed by atoms with Crippen molar-refractivity contribution in [2.75, 3.05) is 5.32 Å². The van der Waals surface area contributed by atoms with Crippen molar-refractivity contribution in [1.82, 2.24) is 9.55 Å². The number of halogens is 3. The molecule has 0 saturated heterocycles. The Bertz CT molecular complexity index is 866. The van der Waals surface area contributed by atoms with E-state index in [1.807, 2.05) is 28.8 Å². The largest absolute Gasteiger partial charge is 0.416 e. The number of nitrogens with one attached hydrogen (secondary N) is 1. The molecule has 0 aliphatic carbocycles. The first-order valence-electron chi connectivity index (χ1n) is 8.24. The minimum absolute atomic E-state index is 0.371. The Hall–Kier alpha value is -2.50. The molecule has 0 amide bonds. The van der Waals surface area contributed by atoms with Gasteiger partial charge in [0.2, 0.25) is 5.95 Å². The minimum atomic E-state index is -4.37. The van der Waals surface area contributed by atoms with Gasteiger partial charge in [-0.25, -0.2) is 4.98 Å². The van der Waals surface area contributed by atoms with Crippen molar-refractivity contribution in [1.29, 1.82) is 0 Å². The van der Waals surface area contributed by atoms with Gasteiger partial charge in [-0.1, -0.05) is 32.0 Å². The molecule has 0 fully saturated rings. The lowest BCUT2D eigenvalue weighted by Gasteiger charge is -2.13. The van der Waals surface area contributed by atoms with Crippen LogP contribution in [0.15, 0.2) is 48.5 Å². The molecule has 0 aliphatic rings. The Morgan fingerprint density at radius 3 is 2.56 bits per heavy atom. The number of rotatable bonds is 5. The first-order chi connectivity index (χ1) is 11.8. The van der Waals surface area contributed by atoms with Crippen LogP contribution in [0, 0.1) is 5.92 Å². The summed E-state index contributed by atoms with van der Waals surface area (Å²) in [6, 6.07) is 12.9. The van der Waals surface area contributed by atoms with Gasteiger partial charge < -0.3 is 9.88 Å². The van der Waals surface area contributed by atoms with Crippen LogP contribution in [0.5, 0.6) is 0 Å². The van der Waals surface area contributed by atoms with E-state index in [1.165, 1.54) is 6.07 Å². The van der Waals surface area contributed by atoms with E-state index in [9.17, 15) is 13.2 Å². The van der Waals surface area contributed by atoms with Crippen molar-refractivity contribution < 1.29 is 13.2 Å². The van der Waals surface area contributed by atoms with Crippen LogP contribution in [0.4, 0.5) is 24.8 Å². The molecule has 25 heavy (non-hydrogen) atoms. The quantitative estimate of drug-likeness (QED) is 0.628. The number of fused-ring (bicyclic) bond motifs is 1. The van der Waals surface area contributed by atoms with Gasteiger partial charge >= 0.3 is 6.18 Å². The average molecular weight is 347 g/mol. The van der Waals surface area contributed by atoms with Crippen LogP contribution >= 0.6 is 0 Å². The summed E-state index contributed by atoms with van der Waals surface area (Å²) in [7, 11) is 0. The van der Waals surface area contributed by atoms with Crippen LogP contribution in [0.3, 0.4) is 0 Å². The van der Waals surface area contributed by atoms with Crippen molar-refractivity contribution in [3.8, 4) is 0 Å². The number of nitrogens with zero attached hydrogens (tertiary/aromatic N) is 2. The first-order valence-corrected chi connectivity index (χ1v) is 8.24. The lowest BCUT2D eigenvalue weighted by atomic mass is 10.1. The summed E-state index contributed by atoms with van der Waals surface area (Å²) in [4.78, 5) is 4.55. The molecule has 0 aliphatic heterocycles. The van der Waals surface area contributed by atoms with Crippen molar-refractivity contribution >= 4 is 22.7 Å². The maximum Gasteiger partial charge on any atom is 0.416 e. The third-order valence-electron chi connectivity index (χ3n) is 4.03. The normalized spacial score (nSPS) is 12.1. The van der Waals surface area contributed by atoms with E-state index in [2.05, 4.69) is 24.1 Å². The van der Waals surface area contributed by atoms with Crippen LogP contribution in [-0.4, -0.2) is 9.55 Å². The van der Waals surface area contributed by atoms with E-state index in [1.54, 1.807) is 6.07 Å². The highest BCUT2D eigenvalue weighted by atomic mass is 19.4. The zero-order valence-electron chi connectivity index (χ0n) is 14.1. The van der Waals surface area contributed by atoms with Crippen LogP contribution in [0.2, 0.25) is 0 Å². The molecule has 0 saturated carbocycles. The lowest BCUT2D eigenvalue weighted by Crippen LogP contribution is -2.08. The van der Waals surface area contributed by atoms with E-state index in [0.29, 0.717) is 17.6 Å². The molecule has 0 spiro atoms. The summed E-state index contributed by atoms with van der Waals surface area (Å²) in [6.07, 6.45) is -3.41. The second-order valence-electron chi connectivity index (χ2n) is 6.46. The fraction of sp³-hybridized carbons (Fsp3) is 0.316. The second kappa shape index (κ2) is 6.78. The van der Waals surface area contributed by atoms with Gasteiger partial charge in [0.05, 0.1) is 16.6 Å². The number of para-hydroxylation sites is 2. The van der Waals surface area contributed by atoms with E-state index < -0.39 is 11.7 Å². The zero-order chi connectivity index (χ0) is 18.0. The smallest absolute Gasteiger partial charge is 0.326 e. The SMILES string of the molecule is CC(C)CCn1c(Nc2cccc(C(F)(F)F)c2)nc2ccccc21. The summed E-state index contributed by atoms with van der Waals surface area (Å²) in [6.45, 7) is 5.03. The number of hydrogen-bond acceptors (Lipinski definition) is 2. The van der Waals surface area contributed by atoms with Gasteiger partial charge in [-0.2, -0.15) is 13.2 Å². The van der Waals surface area contributed by atoms with Gasteiger partial charge in [0, 0.05) is 12.2 Å². The molecule has 3 aromatic rings. The maximum absolute atomic E-state index is 12.9. The number of alkyl halides is 3. The molecule has 0 atom stereocenters. The van der Waals surface area contributed by atoms with Gasteiger partial charge in [-0.3, -0.25) is 0 Å². The summed E-state index contributed by atoms with van der Waals surface area (Å²) in [5.41, 5.74) is 1.48. The third-order valence-corrected chi connectivity index (χ3v) is 4.03. The Labute approximate surface area is 144 Å². The molecule has 3 rings (SSSR count). The van der Waals surface area contributed by atoms with E-state index in [-0.39, 0.29) is 0 Å². The Balaban J connectivity index is 1.97. The number of hydrogen-bond donors (Lipinski definition) is 1. The number of anilines is 2. The monoisotopic (exact) mass is 347 g/mol. The van der Waals surface area contributed by atoms with Crippen molar-refractivity contribution in [2.24, 2.45) is 5.92 Å². The van der Waals surface area contributed by atoms with Crippen LogP contribution in [-0.2, 0) is 12.7 Å². The predicted octanol–water partition coefficient (Wildman–Crippen LogP) is 5.84. The van der Waals surface area contributed by atoms with Gasteiger partial charge in [-0.05, 0) is 42.7 Å². The standard InChI is InChI=1S/C19H20F3N3/c1-13(2)10-11-25-17-9-4-3-8-16(17)24-18(25)23-15-7-5-6-14(12-15)19(20,21)22/h3-9,12-13H,10-11H2,1-2H3,(H,23,24). The van der Waals surface area contributed by atoms with Crippen LogP contribution in [0.25, 0.3) is 11.0 Å². The van der Waals surface area contributed by atoms with Gasteiger partial charge in [0.25, 0.3) is 0 Å². The molecule has 1 heterocycles. The lowest BCUT2D eigenvalue weighted by molar-refractivity contribution is -0.137. The minimum Gasteiger partial charge on any atom is -0.326 e. The van der Waals surface area contributed by atoms with E-state index in [4.69, 9.17) is 0 Å². The predicted molar refractivity (Wildman–Crippen MR) is 93.9 cm³/mol. The fourth-order valence-electron chi connectivity index (χ4n) is 2.69. The molecule has 0 bridgehead atoms. The van der Waals surface area contributed by atoms with E-state index >= 15 is 0 Å². The van der Waals surface area contributed by atoms with E-state index in [0.717, 1.165) is 36.1 Å². The Kier molecular flexibility index (Phi) is 4.70. The second-order valence-corrected chi connectivity index (χ2v) is 6.46. The molecule has 1 N–H and O–H groups in total. The molecular weight excluding hydrogens is 327 g/mol. The Morgan fingerprint density at radius 2 is 1.84 bits per heavy atom.